The highest BCUT2D eigenvalue weighted by Gasteiger charge is 2.20. The van der Waals surface area contributed by atoms with Gasteiger partial charge in [-0.25, -0.2) is 9.38 Å². The summed E-state index contributed by atoms with van der Waals surface area (Å²) >= 11 is 0. The molecule has 1 atom stereocenters. The van der Waals surface area contributed by atoms with Gasteiger partial charge in [-0.3, -0.25) is 4.79 Å². The molecule has 1 amide bonds. The van der Waals surface area contributed by atoms with E-state index >= 15 is 0 Å². The maximum absolute atomic E-state index is 12.9. The lowest BCUT2D eigenvalue weighted by molar-refractivity contribution is -0.120. The van der Waals surface area contributed by atoms with E-state index in [9.17, 15) is 9.18 Å². The van der Waals surface area contributed by atoms with Gasteiger partial charge in [0.2, 0.25) is 5.91 Å². The molecule has 9 heteroatoms. The van der Waals surface area contributed by atoms with E-state index in [1.807, 2.05) is 31.2 Å². The Hall–Kier alpha value is -2.56. The predicted octanol–water partition coefficient (Wildman–Crippen LogP) is 2.50. The van der Waals surface area contributed by atoms with E-state index < -0.39 is 0 Å². The molecule has 0 aliphatic carbocycles. The van der Waals surface area contributed by atoms with Gasteiger partial charge in [0.1, 0.15) is 12.4 Å². The second kappa shape index (κ2) is 13.0. The number of nitrogens with zero attached hydrogens (tertiary/aromatic N) is 1. The van der Waals surface area contributed by atoms with Crippen molar-refractivity contribution in [2.75, 3.05) is 32.8 Å². The van der Waals surface area contributed by atoms with Crippen molar-refractivity contribution in [1.82, 2.24) is 16.0 Å². The summed E-state index contributed by atoms with van der Waals surface area (Å²) in [4.78, 5) is 16.5. The summed E-state index contributed by atoms with van der Waals surface area (Å²) in [6.07, 6.45) is 0.0559. The van der Waals surface area contributed by atoms with Crippen molar-refractivity contribution < 1.29 is 18.7 Å². The van der Waals surface area contributed by atoms with Crippen LogP contribution >= 0.6 is 24.0 Å². The molecule has 0 saturated carbocycles. The fraction of sp³-hybridized carbons (Fsp3) is 0.364. The molecule has 31 heavy (non-hydrogen) atoms. The standard InChI is InChI=1S/C22H27FN4O3.HI/c1-2-24-22(27-14-18-15-29-19-5-3-4-6-20(19)30-18)26-12-11-25-21(28)13-16-7-9-17(23)10-8-16;/h3-10,18H,2,11-15H2,1H3,(H,25,28)(H2,24,26,27);1H. The average molecular weight is 542 g/mol. The molecule has 2 aromatic carbocycles. The minimum absolute atomic E-state index is 0. The number of rotatable bonds is 8. The van der Waals surface area contributed by atoms with Crippen molar-refractivity contribution in [2.45, 2.75) is 19.4 Å². The number of carbonyl (C=O) groups excluding carboxylic acids is 1. The SMILES string of the molecule is CCNC(=NCC1COc2ccccc2O1)NCCNC(=O)Cc1ccc(F)cc1.I. The van der Waals surface area contributed by atoms with E-state index in [-0.39, 0.29) is 48.2 Å². The first-order valence-electron chi connectivity index (χ1n) is 10.1. The smallest absolute Gasteiger partial charge is 0.224 e. The Kier molecular flexibility index (Phi) is 10.3. The largest absolute Gasteiger partial charge is 0.486 e. The van der Waals surface area contributed by atoms with E-state index in [4.69, 9.17) is 9.47 Å². The van der Waals surface area contributed by atoms with E-state index in [1.54, 1.807) is 12.1 Å². The normalized spacial score (nSPS) is 14.9. The van der Waals surface area contributed by atoms with Crippen LogP contribution in [0.3, 0.4) is 0 Å². The van der Waals surface area contributed by atoms with Crippen molar-refractivity contribution in [3.05, 3.63) is 59.9 Å². The Morgan fingerprint density at radius 3 is 2.52 bits per heavy atom. The van der Waals surface area contributed by atoms with Crippen LogP contribution in [-0.4, -0.2) is 50.8 Å². The van der Waals surface area contributed by atoms with Crippen molar-refractivity contribution in [3.8, 4) is 11.5 Å². The molecular formula is C22H28FIN4O3. The summed E-state index contributed by atoms with van der Waals surface area (Å²) in [5.41, 5.74) is 0.771. The van der Waals surface area contributed by atoms with Gasteiger partial charge in [0.15, 0.2) is 23.6 Å². The second-order valence-corrected chi connectivity index (χ2v) is 6.80. The zero-order chi connectivity index (χ0) is 21.2. The van der Waals surface area contributed by atoms with E-state index in [0.29, 0.717) is 38.7 Å². The minimum Gasteiger partial charge on any atom is -0.486 e. The molecule has 2 aromatic rings. The van der Waals surface area contributed by atoms with Gasteiger partial charge >= 0.3 is 0 Å². The van der Waals surface area contributed by atoms with E-state index in [2.05, 4.69) is 20.9 Å². The molecule has 1 aliphatic rings. The zero-order valence-corrected chi connectivity index (χ0v) is 19.7. The van der Waals surface area contributed by atoms with Gasteiger partial charge in [-0.1, -0.05) is 24.3 Å². The fourth-order valence-electron chi connectivity index (χ4n) is 2.92. The Morgan fingerprint density at radius 1 is 1.06 bits per heavy atom. The van der Waals surface area contributed by atoms with Gasteiger partial charge in [-0.15, -0.1) is 24.0 Å². The van der Waals surface area contributed by atoms with Crippen LogP contribution in [0.25, 0.3) is 0 Å². The summed E-state index contributed by atoms with van der Waals surface area (Å²) in [5.74, 6) is 1.70. The summed E-state index contributed by atoms with van der Waals surface area (Å²) in [7, 11) is 0. The molecule has 7 nitrogen and oxygen atoms in total. The molecule has 0 spiro atoms. The topological polar surface area (TPSA) is 84.0 Å². The first-order chi connectivity index (χ1) is 14.6. The van der Waals surface area contributed by atoms with Crippen LogP contribution in [0.1, 0.15) is 12.5 Å². The molecule has 1 unspecified atom stereocenters. The van der Waals surface area contributed by atoms with Crippen LogP contribution in [0, 0.1) is 5.82 Å². The molecule has 0 fully saturated rings. The number of nitrogens with one attached hydrogen (secondary N) is 3. The average Bonchev–Trinajstić information content (AvgIpc) is 2.76. The highest BCUT2D eigenvalue weighted by atomic mass is 127. The number of carbonyl (C=O) groups is 1. The zero-order valence-electron chi connectivity index (χ0n) is 17.4. The maximum atomic E-state index is 12.9. The molecule has 3 rings (SSSR count). The number of guanidine groups is 1. The van der Waals surface area contributed by atoms with Crippen LogP contribution in [0.2, 0.25) is 0 Å². The second-order valence-electron chi connectivity index (χ2n) is 6.80. The van der Waals surface area contributed by atoms with Gasteiger partial charge in [0.05, 0.1) is 13.0 Å². The highest BCUT2D eigenvalue weighted by molar-refractivity contribution is 14.0. The van der Waals surface area contributed by atoms with E-state index in [0.717, 1.165) is 17.1 Å². The van der Waals surface area contributed by atoms with Gasteiger partial charge in [-0.05, 0) is 36.8 Å². The summed E-state index contributed by atoms with van der Waals surface area (Å²) in [6, 6.07) is 13.5. The van der Waals surface area contributed by atoms with Crippen LogP contribution in [0.4, 0.5) is 4.39 Å². The monoisotopic (exact) mass is 542 g/mol. The Bertz CT molecular complexity index is 864. The van der Waals surface area contributed by atoms with Crippen molar-refractivity contribution in [3.63, 3.8) is 0 Å². The van der Waals surface area contributed by atoms with Gasteiger partial charge in [-0.2, -0.15) is 0 Å². The van der Waals surface area contributed by atoms with Crippen molar-refractivity contribution >= 4 is 35.8 Å². The lowest BCUT2D eigenvalue weighted by Crippen LogP contribution is -2.42. The molecule has 1 heterocycles. The molecule has 0 bridgehead atoms. The number of aliphatic imine (C=N–C) groups is 1. The lowest BCUT2D eigenvalue weighted by atomic mass is 10.1. The molecule has 0 saturated heterocycles. The number of ether oxygens (including phenoxy) is 2. The third kappa shape index (κ3) is 8.23. The molecule has 168 valence electrons. The maximum Gasteiger partial charge on any atom is 0.224 e. The Balaban J connectivity index is 0.00000341. The quantitative estimate of drug-likeness (QED) is 0.207. The number of benzene rings is 2. The van der Waals surface area contributed by atoms with Crippen LogP contribution in [0.15, 0.2) is 53.5 Å². The molecule has 3 N–H and O–H groups in total. The van der Waals surface area contributed by atoms with Crippen LogP contribution in [0.5, 0.6) is 11.5 Å². The number of hydrogen-bond acceptors (Lipinski definition) is 4. The fourth-order valence-corrected chi connectivity index (χ4v) is 2.92. The molecule has 0 aromatic heterocycles. The van der Waals surface area contributed by atoms with Gasteiger partial charge in [0.25, 0.3) is 0 Å². The highest BCUT2D eigenvalue weighted by Crippen LogP contribution is 2.30. The Labute approximate surface area is 198 Å². The molecule has 1 aliphatic heterocycles. The third-order valence-corrected chi connectivity index (χ3v) is 4.38. The number of amides is 1. The van der Waals surface area contributed by atoms with Crippen molar-refractivity contribution in [2.24, 2.45) is 4.99 Å². The number of fused-ring (bicyclic) bond motifs is 1. The minimum atomic E-state index is -0.312. The van der Waals surface area contributed by atoms with Gasteiger partial charge in [0, 0.05) is 19.6 Å². The predicted molar refractivity (Wildman–Crippen MR) is 129 cm³/mol. The summed E-state index contributed by atoms with van der Waals surface area (Å²) < 4.78 is 24.5. The molecule has 0 radical (unpaired) electrons. The first-order valence-corrected chi connectivity index (χ1v) is 10.1. The summed E-state index contributed by atoms with van der Waals surface area (Å²) in [5, 5.41) is 9.19. The first kappa shape index (κ1) is 24.7. The third-order valence-electron chi connectivity index (χ3n) is 4.38. The number of hydrogen-bond donors (Lipinski definition) is 3. The number of para-hydroxylation sites is 2. The van der Waals surface area contributed by atoms with Crippen LogP contribution < -0.4 is 25.4 Å². The Morgan fingerprint density at radius 2 is 1.77 bits per heavy atom. The molecular weight excluding hydrogens is 514 g/mol. The van der Waals surface area contributed by atoms with E-state index in [1.165, 1.54) is 12.1 Å². The van der Waals surface area contributed by atoms with Crippen molar-refractivity contribution in [1.29, 1.82) is 0 Å². The number of halogens is 2. The lowest BCUT2D eigenvalue weighted by Gasteiger charge is -2.25. The van der Waals surface area contributed by atoms with Gasteiger partial charge < -0.3 is 25.4 Å². The van der Waals surface area contributed by atoms with Crippen LogP contribution in [-0.2, 0) is 11.2 Å². The summed E-state index contributed by atoms with van der Waals surface area (Å²) in [6.45, 7) is 4.55.